The van der Waals surface area contributed by atoms with E-state index in [0.29, 0.717) is 10.6 Å². The number of halogens is 2. The fraction of sp³-hybridized carbons (Fsp3) is 0. The first-order chi connectivity index (χ1) is 8.08. The van der Waals surface area contributed by atoms with Gasteiger partial charge in [-0.2, -0.15) is 0 Å². The maximum absolute atomic E-state index is 13.0. The van der Waals surface area contributed by atoms with Gasteiger partial charge in [0.1, 0.15) is 10.7 Å². The van der Waals surface area contributed by atoms with E-state index in [2.05, 4.69) is 5.32 Å². The Balaban J connectivity index is 2.24. The molecule has 0 aliphatic heterocycles. The molecule has 1 aromatic heterocycles. The fourth-order valence-electron chi connectivity index (χ4n) is 1.28. The molecule has 3 N–H and O–H groups in total. The second-order valence-corrected chi connectivity index (χ2v) is 4.61. The zero-order chi connectivity index (χ0) is 12.4. The van der Waals surface area contributed by atoms with Crippen molar-refractivity contribution < 1.29 is 9.18 Å². The molecule has 0 saturated carbocycles. The molecular formula is C11H8ClFN2OS. The molecule has 88 valence electrons. The van der Waals surface area contributed by atoms with Gasteiger partial charge >= 0.3 is 0 Å². The smallest absolute Gasteiger partial charge is 0.267 e. The van der Waals surface area contributed by atoms with Crippen molar-refractivity contribution in [3.8, 4) is 0 Å². The average Bonchev–Trinajstić information content (AvgIpc) is 2.70. The highest BCUT2D eigenvalue weighted by molar-refractivity contribution is 7.12. The van der Waals surface area contributed by atoms with Crippen LogP contribution >= 0.6 is 22.9 Å². The largest absolute Gasteiger partial charge is 0.397 e. The summed E-state index contributed by atoms with van der Waals surface area (Å²) in [7, 11) is 0. The minimum absolute atomic E-state index is 0.226. The van der Waals surface area contributed by atoms with E-state index < -0.39 is 11.7 Å². The number of hydrogen-bond donors (Lipinski definition) is 2. The van der Waals surface area contributed by atoms with Gasteiger partial charge in [-0.1, -0.05) is 11.6 Å². The number of nitrogens with two attached hydrogens (primary N) is 1. The van der Waals surface area contributed by atoms with Gasteiger partial charge in [-0.05, 0) is 29.6 Å². The summed E-state index contributed by atoms with van der Waals surface area (Å²) < 4.78 is 13.0. The SMILES string of the molecule is Nc1ccsc1C(=O)Nc1cc(F)ccc1Cl. The number of carbonyl (C=O) groups excluding carboxylic acids is 1. The van der Waals surface area contributed by atoms with Crippen LogP contribution in [0.5, 0.6) is 0 Å². The van der Waals surface area contributed by atoms with Crippen LogP contribution in [0, 0.1) is 5.82 Å². The fourth-order valence-corrected chi connectivity index (χ4v) is 2.15. The molecule has 0 aliphatic carbocycles. The minimum Gasteiger partial charge on any atom is -0.397 e. The summed E-state index contributed by atoms with van der Waals surface area (Å²) in [5.41, 5.74) is 6.22. The quantitative estimate of drug-likeness (QED) is 0.879. The molecule has 0 unspecified atom stereocenters. The topological polar surface area (TPSA) is 55.1 Å². The molecule has 1 heterocycles. The monoisotopic (exact) mass is 270 g/mol. The third-order valence-electron chi connectivity index (χ3n) is 2.08. The summed E-state index contributed by atoms with van der Waals surface area (Å²) in [5.74, 6) is -0.867. The summed E-state index contributed by atoms with van der Waals surface area (Å²) in [6, 6.07) is 5.39. The first-order valence-electron chi connectivity index (χ1n) is 4.67. The van der Waals surface area contributed by atoms with Gasteiger partial charge in [0.15, 0.2) is 0 Å². The first kappa shape index (κ1) is 11.9. The van der Waals surface area contributed by atoms with Crippen LogP contribution in [0.2, 0.25) is 5.02 Å². The maximum atomic E-state index is 13.0. The van der Waals surface area contributed by atoms with Crippen LogP contribution in [0.3, 0.4) is 0 Å². The molecule has 1 aromatic carbocycles. The van der Waals surface area contributed by atoms with Crippen molar-refractivity contribution in [1.82, 2.24) is 0 Å². The molecule has 0 fully saturated rings. The Hall–Kier alpha value is -1.59. The Kier molecular flexibility index (Phi) is 3.31. The van der Waals surface area contributed by atoms with E-state index in [4.69, 9.17) is 17.3 Å². The number of nitrogens with one attached hydrogen (secondary N) is 1. The Morgan fingerprint density at radius 2 is 2.18 bits per heavy atom. The van der Waals surface area contributed by atoms with Gasteiger partial charge in [-0.3, -0.25) is 4.79 Å². The lowest BCUT2D eigenvalue weighted by atomic mass is 10.3. The Bertz CT molecular complexity index is 570. The number of rotatable bonds is 2. The molecule has 3 nitrogen and oxygen atoms in total. The van der Waals surface area contributed by atoms with E-state index >= 15 is 0 Å². The lowest BCUT2D eigenvalue weighted by Gasteiger charge is -2.06. The van der Waals surface area contributed by atoms with E-state index in [9.17, 15) is 9.18 Å². The van der Waals surface area contributed by atoms with Crippen molar-refractivity contribution in [3.63, 3.8) is 0 Å². The number of anilines is 2. The number of nitrogen functional groups attached to an aromatic ring is 1. The molecule has 0 spiro atoms. The molecule has 0 atom stereocenters. The Morgan fingerprint density at radius 3 is 2.82 bits per heavy atom. The molecular weight excluding hydrogens is 263 g/mol. The van der Waals surface area contributed by atoms with Crippen LogP contribution in [-0.2, 0) is 0 Å². The van der Waals surface area contributed by atoms with Crippen molar-refractivity contribution >= 4 is 40.2 Å². The molecule has 0 saturated heterocycles. The number of benzene rings is 1. The Morgan fingerprint density at radius 1 is 1.41 bits per heavy atom. The number of amides is 1. The van der Waals surface area contributed by atoms with Gasteiger partial charge in [0.25, 0.3) is 5.91 Å². The van der Waals surface area contributed by atoms with Gasteiger partial charge in [-0.15, -0.1) is 11.3 Å². The first-order valence-corrected chi connectivity index (χ1v) is 5.93. The van der Waals surface area contributed by atoms with Crippen molar-refractivity contribution in [2.45, 2.75) is 0 Å². The summed E-state index contributed by atoms with van der Waals surface area (Å²) in [5, 5.41) is 4.49. The van der Waals surface area contributed by atoms with Crippen LogP contribution in [0.4, 0.5) is 15.8 Å². The van der Waals surface area contributed by atoms with Crippen LogP contribution in [0.1, 0.15) is 9.67 Å². The second kappa shape index (κ2) is 4.73. The van der Waals surface area contributed by atoms with E-state index in [0.717, 1.165) is 6.07 Å². The zero-order valence-electron chi connectivity index (χ0n) is 8.54. The van der Waals surface area contributed by atoms with E-state index in [1.54, 1.807) is 11.4 Å². The van der Waals surface area contributed by atoms with Crippen LogP contribution in [0.25, 0.3) is 0 Å². The average molecular weight is 271 g/mol. The molecule has 17 heavy (non-hydrogen) atoms. The predicted octanol–water partition coefficient (Wildman–Crippen LogP) is 3.38. The lowest BCUT2D eigenvalue weighted by molar-refractivity contribution is 0.103. The number of carbonyl (C=O) groups is 1. The maximum Gasteiger partial charge on any atom is 0.267 e. The highest BCUT2D eigenvalue weighted by Crippen LogP contribution is 2.25. The normalized spacial score (nSPS) is 10.2. The van der Waals surface area contributed by atoms with E-state index in [1.165, 1.54) is 23.5 Å². The molecule has 2 rings (SSSR count). The zero-order valence-corrected chi connectivity index (χ0v) is 10.1. The summed E-state index contributed by atoms with van der Waals surface area (Å²) in [4.78, 5) is 12.2. The molecule has 0 bridgehead atoms. The summed E-state index contributed by atoms with van der Waals surface area (Å²) in [6.45, 7) is 0. The second-order valence-electron chi connectivity index (χ2n) is 3.28. The van der Waals surface area contributed by atoms with Crippen molar-refractivity contribution in [1.29, 1.82) is 0 Å². The third-order valence-corrected chi connectivity index (χ3v) is 3.34. The van der Waals surface area contributed by atoms with Crippen LogP contribution in [0.15, 0.2) is 29.6 Å². The summed E-state index contributed by atoms with van der Waals surface area (Å²) >= 11 is 7.05. The van der Waals surface area contributed by atoms with Crippen LogP contribution < -0.4 is 11.1 Å². The van der Waals surface area contributed by atoms with Crippen LogP contribution in [-0.4, -0.2) is 5.91 Å². The number of thiophene rings is 1. The predicted molar refractivity (Wildman–Crippen MR) is 68.1 cm³/mol. The summed E-state index contributed by atoms with van der Waals surface area (Å²) in [6.07, 6.45) is 0. The number of hydrogen-bond acceptors (Lipinski definition) is 3. The van der Waals surface area contributed by atoms with Gasteiger partial charge in [0, 0.05) is 0 Å². The standard InChI is InChI=1S/C11H8ClFN2OS/c12-7-2-1-6(13)5-9(7)15-11(16)10-8(14)3-4-17-10/h1-5H,14H2,(H,15,16). The third kappa shape index (κ3) is 2.57. The van der Waals surface area contributed by atoms with E-state index in [1.807, 2.05) is 0 Å². The minimum atomic E-state index is -0.469. The highest BCUT2D eigenvalue weighted by atomic mass is 35.5. The molecule has 1 amide bonds. The van der Waals surface area contributed by atoms with Gasteiger partial charge in [0.2, 0.25) is 0 Å². The molecule has 6 heteroatoms. The van der Waals surface area contributed by atoms with Crippen molar-refractivity contribution in [3.05, 3.63) is 45.4 Å². The lowest BCUT2D eigenvalue weighted by Crippen LogP contribution is -2.12. The van der Waals surface area contributed by atoms with Gasteiger partial charge < -0.3 is 11.1 Å². The molecule has 0 aliphatic rings. The Labute approximate surface area is 106 Å². The van der Waals surface area contributed by atoms with Gasteiger partial charge in [0.05, 0.1) is 16.4 Å². The molecule has 0 radical (unpaired) electrons. The van der Waals surface area contributed by atoms with E-state index in [-0.39, 0.29) is 10.7 Å². The van der Waals surface area contributed by atoms with Crippen molar-refractivity contribution in [2.24, 2.45) is 0 Å². The molecule has 2 aromatic rings. The van der Waals surface area contributed by atoms with Crippen molar-refractivity contribution in [2.75, 3.05) is 11.1 Å². The highest BCUT2D eigenvalue weighted by Gasteiger charge is 2.13. The van der Waals surface area contributed by atoms with Gasteiger partial charge in [-0.25, -0.2) is 4.39 Å².